The van der Waals surface area contributed by atoms with Gasteiger partial charge in [0.15, 0.2) is 0 Å². The Kier molecular flexibility index (Phi) is 4.09. The van der Waals surface area contributed by atoms with Gasteiger partial charge in [-0.2, -0.15) is 0 Å². The molecule has 1 unspecified atom stereocenters. The lowest BCUT2D eigenvalue weighted by Gasteiger charge is -2.19. The van der Waals surface area contributed by atoms with Crippen molar-refractivity contribution >= 4 is 15.9 Å². The summed E-state index contributed by atoms with van der Waals surface area (Å²) in [6, 6.07) is 10.9. The molecule has 0 aliphatic rings. The first-order valence-electron chi connectivity index (χ1n) is 5.50. The first kappa shape index (κ1) is 13.2. The molecule has 4 heteroatoms. The first-order valence-corrected chi connectivity index (χ1v) is 6.29. The molecular formula is C14H12BrF2N. The zero-order valence-corrected chi connectivity index (χ0v) is 11.3. The van der Waals surface area contributed by atoms with Crippen molar-refractivity contribution in [1.82, 2.24) is 5.32 Å². The van der Waals surface area contributed by atoms with Gasteiger partial charge >= 0.3 is 0 Å². The van der Waals surface area contributed by atoms with Crippen molar-refractivity contribution in [2.75, 3.05) is 7.05 Å². The van der Waals surface area contributed by atoms with Crippen molar-refractivity contribution in [2.24, 2.45) is 0 Å². The van der Waals surface area contributed by atoms with Crippen LogP contribution >= 0.6 is 15.9 Å². The average molecular weight is 312 g/mol. The van der Waals surface area contributed by atoms with E-state index in [1.807, 2.05) is 24.3 Å². The molecule has 0 fully saturated rings. The van der Waals surface area contributed by atoms with E-state index in [1.54, 1.807) is 7.05 Å². The van der Waals surface area contributed by atoms with E-state index in [2.05, 4.69) is 21.2 Å². The van der Waals surface area contributed by atoms with E-state index < -0.39 is 11.6 Å². The second kappa shape index (κ2) is 5.59. The fraction of sp³-hybridized carbons (Fsp3) is 0.143. The maximum Gasteiger partial charge on any atom is 0.131 e. The lowest BCUT2D eigenvalue weighted by molar-refractivity contribution is 0.551. The van der Waals surface area contributed by atoms with Gasteiger partial charge in [0.2, 0.25) is 0 Å². The van der Waals surface area contributed by atoms with Gasteiger partial charge in [0.05, 0.1) is 6.04 Å². The topological polar surface area (TPSA) is 12.0 Å². The Morgan fingerprint density at radius 1 is 1.06 bits per heavy atom. The molecule has 18 heavy (non-hydrogen) atoms. The predicted octanol–water partition coefficient (Wildman–Crippen LogP) is 4.04. The highest BCUT2D eigenvalue weighted by Gasteiger charge is 2.18. The summed E-state index contributed by atoms with van der Waals surface area (Å²) >= 11 is 3.44. The molecule has 0 radical (unpaired) electrons. The maximum absolute atomic E-state index is 13.8. The molecule has 0 spiro atoms. The quantitative estimate of drug-likeness (QED) is 0.902. The summed E-state index contributed by atoms with van der Waals surface area (Å²) in [7, 11) is 1.74. The number of rotatable bonds is 3. The van der Waals surface area contributed by atoms with Crippen LogP contribution in [0.25, 0.3) is 0 Å². The Hall–Kier alpha value is -1.26. The minimum absolute atomic E-state index is 0.318. The van der Waals surface area contributed by atoms with Crippen LogP contribution in [0.5, 0.6) is 0 Å². The standard InChI is InChI=1S/C14H12BrF2N/c1-18-14(10-4-2-3-5-12(10)15)11-7-6-9(16)8-13(11)17/h2-8,14,18H,1H3. The largest absolute Gasteiger partial charge is 0.309 e. The molecule has 2 aromatic carbocycles. The molecule has 1 N–H and O–H groups in total. The van der Waals surface area contributed by atoms with E-state index in [4.69, 9.17) is 0 Å². The molecule has 1 nitrogen and oxygen atoms in total. The minimum Gasteiger partial charge on any atom is -0.309 e. The molecule has 1 atom stereocenters. The van der Waals surface area contributed by atoms with Crippen LogP contribution in [0.15, 0.2) is 46.9 Å². The van der Waals surface area contributed by atoms with Gasteiger partial charge in [-0.15, -0.1) is 0 Å². The van der Waals surface area contributed by atoms with Gasteiger partial charge in [-0.3, -0.25) is 0 Å². The highest BCUT2D eigenvalue weighted by molar-refractivity contribution is 9.10. The fourth-order valence-corrected chi connectivity index (χ4v) is 2.44. The Labute approximate surface area is 113 Å². The van der Waals surface area contributed by atoms with Crippen molar-refractivity contribution in [1.29, 1.82) is 0 Å². The van der Waals surface area contributed by atoms with Crippen molar-refractivity contribution < 1.29 is 8.78 Å². The van der Waals surface area contributed by atoms with Gasteiger partial charge in [-0.1, -0.05) is 40.2 Å². The Bertz CT molecular complexity index is 557. The number of nitrogens with one attached hydrogen (secondary N) is 1. The summed E-state index contributed by atoms with van der Waals surface area (Å²) in [4.78, 5) is 0. The fourth-order valence-electron chi connectivity index (χ4n) is 1.92. The average Bonchev–Trinajstić information content (AvgIpc) is 2.34. The Morgan fingerprint density at radius 3 is 2.39 bits per heavy atom. The predicted molar refractivity (Wildman–Crippen MR) is 71.4 cm³/mol. The molecule has 0 heterocycles. The van der Waals surface area contributed by atoms with Crippen molar-refractivity contribution in [3.63, 3.8) is 0 Å². The molecule has 0 aromatic heterocycles. The van der Waals surface area contributed by atoms with Gasteiger partial charge in [0.1, 0.15) is 11.6 Å². The number of halogens is 3. The normalized spacial score (nSPS) is 12.4. The summed E-state index contributed by atoms with van der Waals surface area (Å²) in [6.07, 6.45) is 0. The Morgan fingerprint density at radius 2 is 1.78 bits per heavy atom. The van der Waals surface area contributed by atoms with Gasteiger partial charge in [0.25, 0.3) is 0 Å². The van der Waals surface area contributed by atoms with Crippen LogP contribution in [0.1, 0.15) is 17.2 Å². The van der Waals surface area contributed by atoms with E-state index in [0.29, 0.717) is 5.56 Å². The van der Waals surface area contributed by atoms with Gasteiger partial charge < -0.3 is 5.32 Å². The van der Waals surface area contributed by atoms with Gasteiger partial charge in [-0.25, -0.2) is 8.78 Å². The van der Waals surface area contributed by atoms with Crippen LogP contribution in [0.3, 0.4) is 0 Å². The first-order chi connectivity index (χ1) is 8.63. The number of benzene rings is 2. The van der Waals surface area contributed by atoms with E-state index >= 15 is 0 Å². The van der Waals surface area contributed by atoms with Crippen molar-refractivity contribution in [3.05, 3.63) is 69.7 Å². The molecule has 0 bridgehead atoms. The lowest BCUT2D eigenvalue weighted by Crippen LogP contribution is -2.19. The van der Waals surface area contributed by atoms with Crippen LogP contribution < -0.4 is 5.32 Å². The Balaban J connectivity index is 2.49. The summed E-state index contributed by atoms with van der Waals surface area (Å²) in [5, 5.41) is 3.04. The van der Waals surface area contributed by atoms with E-state index in [0.717, 1.165) is 16.1 Å². The SMILES string of the molecule is CNC(c1ccc(F)cc1F)c1ccccc1Br. The molecule has 0 aliphatic heterocycles. The second-order valence-electron chi connectivity index (χ2n) is 3.91. The van der Waals surface area contributed by atoms with Crippen molar-refractivity contribution in [3.8, 4) is 0 Å². The van der Waals surface area contributed by atoms with Crippen LogP contribution in [0, 0.1) is 11.6 Å². The van der Waals surface area contributed by atoms with Crippen LogP contribution in [0.2, 0.25) is 0 Å². The molecule has 0 saturated heterocycles. The number of hydrogen-bond acceptors (Lipinski definition) is 1. The highest BCUT2D eigenvalue weighted by Crippen LogP contribution is 2.29. The van der Waals surface area contributed by atoms with E-state index in [1.165, 1.54) is 12.1 Å². The summed E-state index contributed by atoms with van der Waals surface area (Å²) < 4.78 is 27.6. The number of hydrogen-bond donors (Lipinski definition) is 1. The molecule has 2 rings (SSSR count). The molecule has 2 aromatic rings. The van der Waals surface area contributed by atoms with Crippen molar-refractivity contribution in [2.45, 2.75) is 6.04 Å². The van der Waals surface area contributed by atoms with Crippen LogP contribution in [0.4, 0.5) is 8.78 Å². The monoisotopic (exact) mass is 311 g/mol. The molecule has 0 amide bonds. The zero-order chi connectivity index (χ0) is 13.1. The third-order valence-corrected chi connectivity index (χ3v) is 3.50. The lowest BCUT2D eigenvalue weighted by atomic mass is 9.98. The van der Waals surface area contributed by atoms with Crippen LogP contribution in [-0.2, 0) is 0 Å². The van der Waals surface area contributed by atoms with Gasteiger partial charge in [0, 0.05) is 16.1 Å². The van der Waals surface area contributed by atoms with E-state index in [-0.39, 0.29) is 6.04 Å². The molecule has 0 saturated carbocycles. The summed E-state index contributed by atoms with van der Waals surface area (Å²) in [5.74, 6) is -1.12. The highest BCUT2D eigenvalue weighted by atomic mass is 79.9. The third kappa shape index (κ3) is 2.60. The maximum atomic E-state index is 13.8. The molecular weight excluding hydrogens is 300 g/mol. The van der Waals surface area contributed by atoms with Crippen LogP contribution in [-0.4, -0.2) is 7.05 Å². The molecule has 0 aliphatic carbocycles. The zero-order valence-electron chi connectivity index (χ0n) is 9.75. The molecule has 94 valence electrons. The summed E-state index contributed by atoms with van der Waals surface area (Å²) in [5.41, 5.74) is 1.33. The third-order valence-electron chi connectivity index (χ3n) is 2.78. The smallest absolute Gasteiger partial charge is 0.131 e. The van der Waals surface area contributed by atoms with Gasteiger partial charge in [-0.05, 0) is 24.7 Å². The van der Waals surface area contributed by atoms with E-state index in [9.17, 15) is 8.78 Å². The second-order valence-corrected chi connectivity index (χ2v) is 4.76. The summed E-state index contributed by atoms with van der Waals surface area (Å²) in [6.45, 7) is 0. The minimum atomic E-state index is -0.571.